The fraction of sp³-hybridized carbons (Fsp3) is 0.0476. The summed E-state index contributed by atoms with van der Waals surface area (Å²) < 4.78 is 42.4. The quantitative estimate of drug-likeness (QED) is 0.224. The number of fused-ring (bicyclic) bond motifs is 1. The molecule has 3 aromatic rings. The molecule has 0 unspecified atom stereocenters. The number of benzene rings is 3. The van der Waals surface area contributed by atoms with Gasteiger partial charge in [0, 0.05) is 5.39 Å². The zero-order valence-electron chi connectivity index (χ0n) is 14.5. The first kappa shape index (κ1) is 19.2. The van der Waals surface area contributed by atoms with Crippen LogP contribution in [0.2, 0.25) is 0 Å². The highest BCUT2D eigenvalue weighted by Gasteiger charge is 2.42. The third kappa shape index (κ3) is 4.20. The molecule has 3 aromatic carbocycles. The van der Waals surface area contributed by atoms with E-state index in [4.69, 9.17) is 11.1 Å². The SMILES string of the molecule is N=C(N)c1ccc2cc(/C=C/c3ccccc3)ccc2c1OC(=O)C(F)(F)F. The maximum Gasteiger partial charge on any atom is 0.491 e. The van der Waals surface area contributed by atoms with Crippen LogP contribution in [0.15, 0.2) is 60.7 Å². The van der Waals surface area contributed by atoms with Crippen molar-refractivity contribution in [2.24, 2.45) is 5.73 Å². The molecule has 0 fully saturated rings. The summed E-state index contributed by atoms with van der Waals surface area (Å²) in [7, 11) is 0. The number of esters is 1. The summed E-state index contributed by atoms with van der Waals surface area (Å²) in [6, 6.07) is 17.5. The highest BCUT2D eigenvalue weighted by molar-refractivity contribution is 6.05. The summed E-state index contributed by atoms with van der Waals surface area (Å²) in [6.45, 7) is 0. The lowest BCUT2D eigenvalue weighted by Crippen LogP contribution is -2.29. The molecule has 142 valence electrons. The number of alkyl halides is 3. The van der Waals surface area contributed by atoms with Crippen molar-refractivity contribution in [3.63, 3.8) is 0 Å². The van der Waals surface area contributed by atoms with Crippen LogP contribution in [0.3, 0.4) is 0 Å². The average molecular weight is 384 g/mol. The molecule has 0 saturated carbocycles. The average Bonchev–Trinajstić information content (AvgIpc) is 2.66. The lowest BCUT2D eigenvalue weighted by Gasteiger charge is -2.14. The minimum Gasteiger partial charge on any atom is -0.418 e. The number of halogens is 3. The molecule has 0 bridgehead atoms. The second-order valence-corrected chi connectivity index (χ2v) is 5.97. The van der Waals surface area contributed by atoms with Crippen LogP contribution in [0.1, 0.15) is 16.7 Å². The van der Waals surface area contributed by atoms with E-state index in [1.54, 1.807) is 18.2 Å². The van der Waals surface area contributed by atoms with Crippen LogP contribution in [-0.4, -0.2) is 18.0 Å². The topological polar surface area (TPSA) is 76.2 Å². The summed E-state index contributed by atoms with van der Waals surface area (Å²) >= 11 is 0. The molecule has 0 spiro atoms. The largest absolute Gasteiger partial charge is 0.491 e. The first-order chi connectivity index (χ1) is 13.3. The van der Waals surface area contributed by atoms with Gasteiger partial charge in [-0.2, -0.15) is 13.2 Å². The molecule has 0 aromatic heterocycles. The molecule has 7 heteroatoms. The van der Waals surface area contributed by atoms with Crippen molar-refractivity contribution in [1.82, 2.24) is 0 Å². The lowest BCUT2D eigenvalue weighted by molar-refractivity contribution is -0.189. The van der Waals surface area contributed by atoms with E-state index >= 15 is 0 Å². The van der Waals surface area contributed by atoms with E-state index in [1.807, 2.05) is 42.5 Å². The molecular formula is C21H15F3N2O2. The summed E-state index contributed by atoms with van der Waals surface area (Å²) in [5, 5.41) is 8.35. The van der Waals surface area contributed by atoms with Crippen molar-refractivity contribution < 1.29 is 22.7 Å². The Bertz CT molecular complexity index is 1070. The number of nitrogen functional groups attached to an aromatic ring is 1. The van der Waals surface area contributed by atoms with Gasteiger partial charge in [-0.05, 0) is 28.6 Å². The maximum absolute atomic E-state index is 12.6. The Morgan fingerprint density at radius 1 is 0.964 bits per heavy atom. The summed E-state index contributed by atoms with van der Waals surface area (Å²) in [5.41, 5.74) is 7.15. The van der Waals surface area contributed by atoms with Gasteiger partial charge in [0.05, 0.1) is 5.56 Å². The highest BCUT2D eigenvalue weighted by Crippen LogP contribution is 2.32. The summed E-state index contributed by atoms with van der Waals surface area (Å²) in [5.74, 6) is -3.25. The van der Waals surface area contributed by atoms with Crippen molar-refractivity contribution in [3.05, 3.63) is 77.4 Å². The number of ether oxygens (including phenoxy) is 1. The van der Waals surface area contributed by atoms with Gasteiger partial charge in [-0.25, -0.2) is 4.79 Å². The predicted octanol–water partition coefficient (Wildman–Crippen LogP) is 4.76. The zero-order valence-corrected chi connectivity index (χ0v) is 14.5. The van der Waals surface area contributed by atoms with Crippen LogP contribution in [0.5, 0.6) is 5.75 Å². The first-order valence-corrected chi connectivity index (χ1v) is 8.19. The van der Waals surface area contributed by atoms with Crippen molar-refractivity contribution in [2.45, 2.75) is 6.18 Å². The van der Waals surface area contributed by atoms with E-state index in [1.165, 1.54) is 12.1 Å². The maximum atomic E-state index is 12.6. The van der Waals surface area contributed by atoms with Crippen LogP contribution in [0, 0.1) is 5.41 Å². The molecule has 0 aliphatic carbocycles. The number of hydrogen-bond donors (Lipinski definition) is 2. The molecule has 0 aliphatic rings. The summed E-state index contributed by atoms with van der Waals surface area (Å²) in [6.07, 6.45) is -1.40. The van der Waals surface area contributed by atoms with Crippen LogP contribution in [0.4, 0.5) is 13.2 Å². The van der Waals surface area contributed by atoms with Gasteiger partial charge in [-0.1, -0.05) is 60.7 Å². The Morgan fingerprint density at radius 2 is 1.64 bits per heavy atom. The van der Waals surface area contributed by atoms with Crippen LogP contribution < -0.4 is 10.5 Å². The number of carbonyl (C=O) groups excluding carboxylic acids is 1. The van der Waals surface area contributed by atoms with Crippen molar-refractivity contribution in [3.8, 4) is 5.75 Å². The zero-order chi connectivity index (χ0) is 20.3. The van der Waals surface area contributed by atoms with E-state index in [9.17, 15) is 18.0 Å². The van der Waals surface area contributed by atoms with Crippen molar-refractivity contribution in [1.29, 1.82) is 5.41 Å². The molecule has 0 heterocycles. The fourth-order valence-corrected chi connectivity index (χ4v) is 2.65. The van der Waals surface area contributed by atoms with E-state index < -0.39 is 18.0 Å². The third-order valence-corrected chi connectivity index (χ3v) is 3.98. The number of rotatable bonds is 4. The van der Waals surface area contributed by atoms with Gasteiger partial charge in [0.15, 0.2) is 0 Å². The van der Waals surface area contributed by atoms with E-state index in [-0.39, 0.29) is 16.7 Å². The Morgan fingerprint density at radius 3 is 2.29 bits per heavy atom. The Labute approximate surface area is 158 Å². The Hall–Kier alpha value is -3.61. The second kappa shape index (κ2) is 7.56. The Balaban J connectivity index is 2.03. The highest BCUT2D eigenvalue weighted by atomic mass is 19.4. The summed E-state index contributed by atoms with van der Waals surface area (Å²) in [4.78, 5) is 11.3. The number of amidine groups is 1. The molecular weight excluding hydrogens is 369 g/mol. The molecule has 0 saturated heterocycles. The minimum absolute atomic E-state index is 0.0855. The monoisotopic (exact) mass is 384 g/mol. The molecule has 0 aliphatic heterocycles. The molecule has 0 amide bonds. The molecule has 3 N–H and O–H groups in total. The standard InChI is InChI=1S/C21H15F3N2O2/c22-21(23,24)20(27)28-18-16-10-8-14(7-6-13-4-2-1-3-5-13)12-15(16)9-11-17(18)19(25)26/h1-12H,(H3,25,26)/b7-6+. The van der Waals surface area contributed by atoms with Gasteiger partial charge in [0.1, 0.15) is 11.6 Å². The fourth-order valence-electron chi connectivity index (χ4n) is 2.65. The number of nitrogens with two attached hydrogens (primary N) is 1. The van der Waals surface area contributed by atoms with Gasteiger partial charge in [0.25, 0.3) is 0 Å². The second-order valence-electron chi connectivity index (χ2n) is 5.97. The molecule has 0 atom stereocenters. The van der Waals surface area contributed by atoms with E-state index in [0.29, 0.717) is 5.39 Å². The van der Waals surface area contributed by atoms with Crippen LogP contribution >= 0.6 is 0 Å². The van der Waals surface area contributed by atoms with E-state index in [0.717, 1.165) is 11.1 Å². The number of carbonyl (C=O) groups is 1. The van der Waals surface area contributed by atoms with E-state index in [2.05, 4.69) is 4.74 Å². The van der Waals surface area contributed by atoms with Crippen LogP contribution in [0.25, 0.3) is 22.9 Å². The normalized spacial score (nSPS) is 11.7. The third-order valence-electron chi connectivity index (χ3n) is 3.98. The Kier molecular flexibility index (Phi) is 5.17. The van der Waals surface area contributed by atoms with Gasteiger partial charge in [-0.15, -0.1) is 0 Å². The van der Waals surface area contributed by atoms with Crippen LogP contribution in [-0.2, 0) is 4.79 Å². The van der Waals surface area contributed by atoms with Gasteiger partial charge >= 0.3 is 12.1 Å². The predicted molar refractivity (Wildman–Crippen MR) is 102 cm³/mol. The van der Waals surface area contributed by atoms with Crippen molar-refractivity contribution >= 4 is 34.7 Å². The van der Waals surface area contributed by atoms with Gasteiger partial charge in [-0.3, -0.25) is 5.41 Å². The smallest absolute Gasteiger partial charge is 0.418 e. The number of nitrogens with one attached hydrogen (secondary N) is 1. The first-order valence-electron chi connectivity index (χ1n) is 8.19. The van der Waals surface area contributed by atoms with Gasteiger partial charge in [0.2, 0.25) is 0 Å². The number of hydrogen-bond acceptors (Lipinski definition) is 3. The molecule has 28 heavy (non-hydrogen) atoms. The van der Waals surface area contributed by atoms with Crippen molar-refractivity contribution in [2.75, 3.05) is 0 Å². The molecule has 4 nitrogen and oxygen atoms in total. The van der Waals surface area contributed by atoms with Gasteiger partial charge < -0.3 is 10.5 Å². The minimum atomic E-state index is -5.16. The molecule has 0 radical (unpaired) electrons. The molecule has 3 rings (SSSR count). The lowest BCUT2D eigenvalue weighted by atomic mass is 10.0.